The maximum Gasteiger partial charge on any atom is 0.368 e. The topological polar surface area (TPSA) is 61.8 Å². The van der Waals surface area contributed by atoms with Crippen LogP contribution in [0.5, 0.6) is 0 Å². The predicted molar refractivity (Wildman–Crippen MR) is 90.0 cm³/mol. The van der Waals surface area contributed by atoms with E-state index in [1.54, 1.807) is 13.8 Å². The molecule has 0 spiro atoms. The Bertz CT molecular complexity index is 560. The van der Waals surface area contributed by atoms with Crippen LogP contribution in [0, 0.1) is 3.57 Å². The third-order valence-electron chi connectivity index (χ3n) is 2.49. The largest absolute Gasteiger partial charge is 0.465 e. The first kappa shape index (κ1) is 18.4. The van der Waals surface area contributed by atoms with Crippen LogP contribution in [0.25, 0.3) is 6.08 Å². The average Bonchev–Trinajstić information content (AvgIpc) is 2.46. The zero-order valence-electron chi connectivity index (χ0n) is 12.2. The summed E-state index contributed by atoms with van der Waals surface area (Å²) in [6, 6.07) is 7.40. The lowest BCUT2D eigenvalue weighted by molar-refractivity contribution is -0.135. The lowest BCUT2D eigenvalue weighted by Crippen LogP contribution is -2.10. The van der Waals surface area contributed by atoms with Crippen molar-refractivity contribution < 1.29 is 23.1 Å². The van der Waals surface area contributed by atoms with Gasteiger partial charge in [-0.25, -0.2) is 4.79 Å². The maximum absolute atomic E-state index is 12.8. The van der Waals surface area contributed by atoms with E-state index in [9.17, 15) is 9.36 Å². The molecule has 0 amide bonds. The Labute approximate surface area is 138 Å². The second-order valence-corrected chi connectivity index (χ2v) is 7.03. The molecule has 0 radical (unpaired) electrons. The molecule has 0 unspecified atom stereocenters. The molecule has 0 fully saturated rings. The smallest absolute Gasteiger partial charge is 0.368 e. The van der Waals surface area contributed by atoms with Gasteiger partial charge in [-0.2, -0.15) is 0 Å². The van der Waals surface area contributed by atoms with Gasteiger partial charge in [-0.3, -0.25) is 4.57 Å². The van der Waals surface area contributed by atoms with E-state index in [-0.39, 0.29) is 18.5 Å². The van der Waals surface area contributed by atoms with Gasteiger partial charge < -0.3 is 13.8 Å². The van der Waals surface area contributed by atoms with Crippen molar-refractivity contribution >= 4 is 42.2 Å². The van der Waals surface area contributed by atoms with Crippen LogP contribution in [0.2, 0.25) is 0 Å². The van der Waals surface area contributed by atoms with Crippen molar-refractivity contribution in [1.29, 1.82) is 0 Å². The van der Waals surface area contributed by atoms with Gasteiger partial charge in [0.15, 0.2) is 0 Å². The first-order valence-corrected chi connectivity index (χ1v) is 9.04. The molecule has 0 atom stereocenters. The number of methoxy groups -OCH3 is 1. The van der Waals surface area contributed by atoms with E-state index in [0.29, 0.717) is 0 Å². The number of esters is 1. The average molecular weight is 424 g/mol. The summed E-state index contributed by atoms with van der Waals surface area (Å²) >= 11 is 2.13. The Morgan fingerprint density at radius 1 is 1.24 bits per heavy atom. The Kier molecular flexibility index (Phi) is 7.59. The second-order valence-electron chi connectivity index (χ2n) is 3.88. The Morgan fingerprint density at radius 2 is 1.81 bits per heavy atom. The minimum atomic E-state index is -3.70. The second kappa shape index (κ2) is 8.68. The SMILES string of the molecule is CCOP(=O)(OCC)/C(=C/c1ccccc1I)C(=O)OC. The molecule has 0 N–H and O–H groups in total. The van der Waals surface area contributed by atoms with Crippen molar-refractivity contribution in [3.8, 4) is 0 Å². The summed E-state index contributed by atoms with van der Waals surface area (Å²) in [7, 11) is -2.47. The van der Waals surface area contributed by atoms with Gasteiger partial charge >= 0.3 is 13.6 Å². The highest BCUT2D eigenvalue weighted by atomic mass is 127. The highest BCUT2D eigenvalue weighted by molar-refractivity contribution is 14.1. The molecule has 0 aliphatic carbocycles. The zero-order valence-corrected chi connectivity index (χ0v) is 15.2. The molecule has 0 saturated carbocycles. The number of carbonyl (C=O) groups excluding carboxylic acids is 1. The molecule has 7 heteroatoms. The predicted octanol–water partition coefficient (Wildman–Crippen LogP) is 4.07. The van der Waals surface area contributed by atoms with E-state index in [0.717, 1.165) is 9.13 Å². The van der Waals surface area contributed by atoms with E-state index in [1.165, 1.54) is 13.2 Å². The highest BCUT2D eigenvalue weighted by Gasteiger charge is 2.35. The Balaban J connectivity index is 3.38. The molecular formula is C14H18IO5P. The normalized spacial score (nSPS) is 12.3. The third-order valence-corrected chi connectivity index (χ3v) is 5.57. The Hall–Kier alpha value is -0.690. The number of halogens is 1. The van der Waals surface area contributed by atoms with E-state index < -0.39 is 13.6 Å². The summed E-state index contributed by atoms with van der Waals surface area (Å²) in [4.78, 5) is 12.0. The van der Waals surface area contributed by atoms with Crippen molar-refractivity contribution in [2.45, 2.75) is 13.8 Å². The van der Waals surface area contributed by atoms with Gasteiger partial charge in [0.2, 0.25) is 0 Å². The van der Waals surface area contributed by atoms with Crippen molar-refractivity contribution in [2.75, 3.05) is 20.3 Å². The van der Waals surface area contributed by atoms with E-state index in [1.807, 2.05) is 24.3 Å². The number of carbonyl (C=O) groups is 1. The monoisotopic (exact) mass is 424 g/mol. The van der Waals surface area contributed by atoms with Crippen LogP contribution in [-0.4, -0.2) is 26.3 Å². The van der Waals surface area contributed by atoms with Crippen LogP contribution >= 0.6 is 30.2 Å². The summed E-state index contributed by atoms with van der Waals surface area (Å²) in [5.74, 6) is -0.722. The molecule has 0 bridgehead atoms. The van der Waals surface area contributed by atoms with Gasteiger partial charge in [-0.05, 0) is 54.1 Å². The van der Waals surface area contributed by atoms with Gasteiger partial charge in [0.25, 0.3) is 0 Å². The molecule has 1 rings (SSSR count). The fourth-order valence-corrected chi connectivity index (χ4v) is 3.80. The van der Waals surface area contributed by atoms with E-state index in [2.05, 4.69) is 22.6 Å². The van der Waals surface area contributed by atoms with Crippen LogP contribution in [-0.2, 0) is 23.1 Å². The molecule has 0 saturated heterocycles. The summed E-state index contributed by atoms with van der Waals surface area (Å²) < 4.78 is 28.9. The van der Waals surface area contributed by atoms with Gasteiger partial charge in [-0.1, -0.05) is 18.2 Å². The fraction of sp³-hybridized carbons (Fsp3) is 0.357. The molecule has 0 aliphatic rings. The molecule has 21 heavy (non-hydrogen) atoms. The molecule has 5 nitrogen and oxygen atoms in total. The summed E-state index contributed by atoms with van der Waals surface area (Å²) in [5.41, 5.74) is 0.748. The van der Waals surface area contributed by atoms with Crippen molar-refractivity contribution in [2.24, 2.45) is 0 Å². The number of rotatable bonds is 7. The minimum Gasteiger partial charge on any atom is -0.465 e. The van der Waals surface area contributed by atoms with Crippen molar-refractivity contribution in [1.82, 2.24) is 0 Å². The number of ether oxygens (including phenoxy) is 1. The van der Waals surface area contributed by atoms with E-state index in [4.69, 9.17) is 13.8 Å². The van der Waals surface area contributed by atoms with Gasteiger partial charge in [0, 0.05) is 3.57 Å². The fourth-order valence-electron chi connectivity index (χ4n) is 1.61. The Morgan fingerprint density at radius 3 is 2.29 bits per heavy atom. The standard InChI is InChI=1S/C14H18IO5P/c1-4-19-21(17,20-5-2)13(14(16)18-3)10-11-8-6-7-9-12(11)15/h6-10H,4-5H2,1-3H3/b13-10+. The molecule has 116 valence electrons. The molecule has 0 aliphatic heterocycles. The third kappa shape index (κ3) is 4.92. The van der Waals surface area contributed by atoms with Gasteiger partial charge in [0.1, 0.15) is 5.31 Å². The molecule has 0 heterocycles. The molecular weight excluding hydrogens is 406 g/mol. The molecule has 1 aromatic carbocycles. The zero-order chi connectivity index (χ0) is 15.9. The number of benzene rings is 1. The van der Waals surface area contributed by atoms with Crippen LogP contribution in [0.3, 0.4) is 0 Å². The first-order chi connectivity index (χ1) is 9.98. The summed E-state index contributed by atoms with van der Waals surface area (Å²) in [5, 5.41) is -0.0992. The molecule has 1 aromatic rings. The van der Waals surface area contributed by atoms with Crippen LogP contribution in [0.4, 0.5) is 0 Å². The van der Waals surface area contributed by atoms with Crippen LogP contribution < -0.4 is 0 Å². The van der Waals surface area contributed by atoms with Crippen molar-refractivity contribution in [3.05, 3.63) is 38.7 Å². The quantitative estimate of drug-likeness (QED) is 0.286. The lowest BCUT2D eigenvalue weighted by Gasteiger charge is -2.18. The van der Waals surface area contributed by atoms with Gasteiger partial charge in [0.05, 0.1) is 20.3 Å². The lowest BCUT2D eigenvalue weighted by atomic mass is 10.2. The van der Waals surface area contributed by atoms with Crippen LogP contribution in [0.15, 0.2) is 29.6 Å². The van der Waals surface area contributed by atoms with Crippen molar-refractivity contribution in [3.63, 3.8) is 0 Å². The van der Waals surface area contributed by atoms with Gasteiger partial charge in [-0.15, -0.1) is 0 Å². The highest BCUT2D eigenvalue weighted by Crippen LogP contribution is 2.57. The number of hydrogen-bond acceptors (Lipinski definition) is 5. The molecule has 0 aromatic heterocycles. The minimum absolute atomic E-state index is 0.0992. The van der Waals surface area contributed by atoms with Crippen LogP contribution in [0.1, 0.15) is 19.4 Å². The summed E-state index contributed by atoms with van der Waals surface area (Å²) in [6.45, 7) is 3.70. The van der Waals surface area contributed by atoms with E-state index >= 15 is 0 Å². The number of hydrogen-bond donors (Lipinski definition) is 0. The first-order valence-electron chi connectivity index (χ1n) is 6.42. The maximum atomic E-state index is 12.8. The summed E-state index contributed by atoms with van der Waals surface area (Å²) in [6.07, 6.45) is 1.50.